The fourth-order valence-electron chi connectivity index (χ4n) is 1.77. The second-order valence-corrected chi connectivity index (χ2v) is 3.90. The van der Waals surface area contributed by atoms with Crippen molar-refractivity contribution in [3.05, 3.63) is 29.6 Å². The van der Waals surface area contributed by atoms with Gasteiger partial charge in [-0.15, -0.1) is 0 Å². The number of hydrogen-bond donors (Lipinski definition) is 1. The first-order chi connectivity index (χ1) is 8.13. The lowest BCUT2D eigenvalue weighted by molar-refractivity contribution is -0.0181. The van der Waals surface area contributed by atoms with Gasteiger partial charge in [-0.2, -0.15) is 0 Å². The fourth-order valence-corrected chi connectivity index (χ4v) is 1.77. The summed E-state index contributed by atoms with van der Waals surface area (Å²) in [6.07, 6.45) is 0.493. The van der Waals surface area contributed by atoms with Crippen LogP contribution in [-0.4, -0.2) is 25.4 Å². The maximum absolute atomic E-state index is 13.5. The molecule has 0 saturated carbocycles. The van der Waals surface area contributed by atoms with Crippen LogP contribution in [0.4, 0.5) is 4.39 Å². The van der Waals surface area contributed by atoms with E-state index in [1.54, 1.807) is 13.2 Å². The van der Waals surface area contributed by atoms with Gasteiger partial charge in [0.05, 0.1) is 13.2 Å². The van der Waals surface area contributed by atoms with Gasteiger partial charge in [0.25, 0.3) is 0 Å². The standard InChI is InChI=1S/C13H19FO3/c1-4-5-12(17-3)13(15)9-6-7-11(16-2)10(14)8-9/h6-8,12-13,15H,4-5H2,1-3H3. The molecule has 0 radical (unpaired) electrons. The molecule has 0 spiro atoms. The molecule has 96 valence electrons. The second-order valence-electron chi connectivity index (χ2n) is 3.90. The van der Waals surface area contributed by atoms with E-state index in [1.807, 2.05) is 6.92 Å². The molecule has 0 aromatic heterocycles. The van der Waals surface area contributed by atoms with Gasteiger partial charge in [-0.3, -0.25) is 0 Å². The highest BCUT2D eigenvalue weighted by atomic mass is 19.1. The number of aliphatic hydroxyl groups is 1. The van der Waals surface area contributed by atoms with Crippen molar-refractivity contribution in [1.82, 2.24) is 0 Å². The Bertz CT molecular complexity index is 355. The van der Waals surface area contributed by atoms with Crippen molar-refractivity contribution < 1.29 is 19.0 Å². The summed E-state index contributed by atoms with van der Waals surface area (Å²) >= 11 is 0. The minimum atomic E-state index is -0.819. The SMILES string of the molecule is CCCC(OC)C(O)c1ccc(OC)c(F)c1. The molecule has 1 rings (SSSR count). The lowest BCUT2D eigenvalue weighted by Crippen LogP contribution is -2.20. The average Bonchev–Trinajstić information content (AvgIpc) is 2.35. The van der Waals surface area contributed by atoms with Crippen molar-refractivity contribution in [3.8, 4) is 5.75 Å². The summed E-state index contributed by atoms with van der Waals surface area (Å²) < 4.78 is 23.5. The van der Waals surface area contributed by atoms with Gasteiger partial charge in [0, 0.05) is 7.11 Å². The van der Waals surface area contributed by atoms with Crippen molar-refractivity contribution in [2.45, 2.75) is 32.0 Å². The summed E-state index contributed by atoms with van der Waals surface area (Å²) in [7, 11) is 2.95. The monoisotopic (exact) mass is 242 g/mol. The van der Waals surface area contributed by atoms with Gasteiger partial charge >= 0.3 is 0 Å². The van der Waals surface area contributed by atoms with Crippen molar-refractivity contribution in [1.29, 1.82) is 0 Å². The minimum absolute atomic E-state index is 0.172. The molecule has 0 aliphatic rings. The van der Waals surface area contributed by atoms with E-state index in [2.05, 4.69) is 0 Å². The van der Waals surface area contributed by atoms with E-state index in [-0.39, 0.29) is 11.9 Å². The van der Waals surface area contributed by atoms with Gasteiger partial charge in [-0.05, 0) is 24.1 Å². The molecule has 0 heterocycles. The molecule has 0 aliphatic carbocycles. The highest BCUT2D eigenvalue weighted by molar-refractivity contribution is 5.30. The highest BCUT2D eigenvalue weighted by Crippen LogP contribution is 2.26. The van der Waals surface area contributed by atoms with Gasteiger partial charge in [-0.1, -0.05) is 19.4 Å². The van der Waals surface area contributed by atoms with Crippen molar-refractivity contribution >= 4 is 0 Å². The Hall–Kier alpha value is -1.13. The number of ether oxygens (including phenoxy) is 2. The lowest BCUT2D eigenvalue weighted by Gasteiger charge is -2.21. The van der Waals surface area contributed by atoms with Crippen LogP contribution >= 0.6 is 0 Å². The van der Waals surface area contributed by atoms with Crippen LogP contribution in [0.1, 0.15) is 31.4 Å². The highest BCUT2D eigenvalue weighted by Gasteiger charge is 2.20. The molecule has 17 heavy (non-hydrogen) atoms. The third-order valence-corrected chi connectivity index (χ3v) is 2.75. The molecule has 0 fully saturated rings. The molecule has 3 nitrogen and oxygen atoms in total. The second kappa shape index (κ2) is 6.57. The Morgan fingerprint density at radius 1 is 1.35 bits per heavy atom. The number of rotatable bonds is 6. The van der Waals surface area contributed by atoms with Crippen molar-refractivity contribution in [3.63, 3.8) is 0 Å². The van der Waals surface area contributed by atoms with Crippen molar-refractivity contribution in [2.75, 3.05) is 14.2 Å². The summed E-state index contributed by atoms with van der Waals surface area (Å²) in [6.45, 7) is 2.01. The van der Waals surface area contributed by atoms with E-state index in [1.165, 1.54) is 19.2 Å². The number of halogens is 1. The molecule has 1 aromatic rings. The van der Waals surface area contributed by atoms with Crippen molar-refractivity contribution in [2.24, 2.45) is 0 Å². The molecular formula is C13H19FO3. The maximum atomic E-state index is 13.5. The first-order valence-corrected chi connectivity index (χ1v) is 5.68. The molecular weight excluding hydrogens is 223 g/mol. The molecule has 1 aromatic carbocycles. The third kappa shape index (κ3) is 3.41. The van der Waals surface area contributed by atoms with Gasteiger partial charge in [-0.25, -0.2) is 4.39 Å². The molecule has 0 amide bonds. The minimum Gasteiger partial charge on any atom is -0.494 e. The average molecular weight is 242 g/mol. The topological polar surface area (TPSA) is 38.7 Å². The third-order valence-electron chi connectivity index (χ3n) is 2.75. The number of benzene rings is 1. The fraction of sp³-hybridized carbons (Fsp3) is 0.538. The first kappa shape index (κ1) is 13.9. The summed E-state index contributed by atoms with van der Waals surface area (Å²) in [5.74, 6) is -0.305. The van der Waals surface area contributed by atoms with Gasteiger partial charge < -0.3 is 14.6 Å². The number of hydrogen-bond acceptors (Lipinski definition) is 3. The molecule has 0 aliphatic heterocycles. The van der Waals surface area contributed by atoms with E-state index < -0.39 is 11.9 Å². The zero-order chi connectivity index (χ0) is 12.8. The van der Waals surface area contributed by atoms with Gasteiger partial charge in [0.15, 0.2) is 11.6 Å². The number of methoxy groups -OCH3 is 2. The zero-order valence-corrected chi connectivity index (χ0v) is 10.4. The van der Waals surface area contributed by atoms with Crippen LogP contribution in [0.3, 0.4) is 0 Å². The van der Waals surface area contributed by atoms with E-state index >= 15 is 0 Å². The Labute approximate surface area is 101 Å². The molecule has 0 bridgehead atoms. The maximum Gasteiger partial charge on any atom is 0.165 e. The quantitative estimate of drug-likeness (QED) is 0.833. The van der Waals surface area contributed by atoms with Crippen LogP contribution < -0.4 is 4.74 Å². The molecule has 1 N–H and O–H groups in total. The molecule has 0 saturated heterocycles. The predicted molar refractivity (Wildman–Crippen MR) is 63.6 cm³/mol. The lowest BCUT2D eigenvalue weighted by atomic mass is 10.0. The van der Waals surface area contributed by atoms with E-state index in [9.17, 15) is 9.50 Å². The Morgan fingerprint density at radius 2 is 2.06 bits per heavy atom. The smallest absolute Gasteiger partial charge is 0.165 e. The number of aliphatic hydroxyl groups excluding tert-OH is 1. The van der Waals surface area contributed by atoms with Gasteiger partial charge in [0.2, 0.25) is 0 Å². The summed E-state index contributed by atoms with van der Waals surface area (Å²) in [4.78, 5) is 0. The summed E-state index contributed by atoms with van der Waals surface area (Å²) in [6, 6.07) is 4.44. The van der Waals surface area contributed by atoms with E-state index in [4.69, 9.17) is 9.47 Å². The van der Waals surface area contributed by atoms with Gasteiger partial charge in [0.1, 0.15) is 6.10 Å². The molecule has 4 heteroatoms. The Morgan fingerprint density at radius 3 is 2.53 bits per heavy atom. The largest absolute Gasteiger partial charge is 0.494 e. The summed E-state index contributed by atoms with van der Waals surface area (Å²) in [5.41, 5.74) is 0.503. The van der Waals surface area contributed by atoms with Crippen LogP contribution in [0.15, 0.2) is 18.2 Å². The van der Waals surface area contributed by atoms with Crippen LogP contribution in [0.5, 0.6) is 5.75 Å². The normalized spacial score (nSPS) is 14.4. The first-order valence-electron chi connectivity index (χ1n) is 5.68. The van der Waals surface area contributed by atoms with Crippen LogP contribution in [-0.2, 0) is 4.74 Å². The Balaban J connectivity index is 2.87. The predicted octanol–water partition coefficient (Wildman–Crippen LogP) is 2.68. The van der Waals surface area contributed by atoms with Crippen LogP contribution in [0.2, 0.25) is 0 Å². The molecule has 2 atom stereocenters. The van der Waals surface area contributed by atoms with E-state index in [0.717, 1.165) is 12.8 Å². The molecule has 2 unspecified atom stereocenters. The van der Waals surface area contributed by atoms with E-state index in [0.29, 0.717) is 5.56 Å². The Kier molecular flexibility index (Phi) is 5.38. The van der Waals surface area contributed by atoms with Crippen LogP contribution in [0.25, 0.3) is 0 Å². The summed E-state index contributed by atoms with van der Waals surface area (Å²) in [5, 5.41) is 10.1. The zero-order valence-electron chi connectivity index (χ0n) is 10.4. The van der Waals surface area contributed by atoms with Crippen LogP contribution in [0, 0.1) is 5.82 Å².